The molecule has 1 aliphatic rings. The van der Waals surface area contributed by atoms with E-state index < -0.39 is 0 Å². The van der Waals surface area contributed by atoms with E-state index in [1.54, 1.807) is 0 Å². The van der Waals surface area contributed by atoms with Gasteiger partial charge in [-0.05, 0) is 38.3 Å². The van der Waals surface area contributed by atoms with Crippen molar-refractivity contribution in [3.63, 3.8) is 0 Å². The molecule has 1 aromatic carbocycles. The number of likely N-dealkylation sites (tertiary alicyclic amines) is 1. The van der Waals surface area contributed by atoms with Gasteiger partial charge in [0.1, 0.15) is 11.5 Å². The maximum absolute atomic E-state index is 12.8. The van der Waals surface area contributed by atoms with Crippen molar-refractivity contribution in [2.45, 2.75) is 39.0 Å². The third kappa shape index (κ3) is 3.08. The van der Waals surface area contributed by atoms with E-state index in [1.807, 2.05) is 30.9 Å². The van der Waals surface area contributed by atoms with Gasteiger partial charge in [-0.3, -0.25) is 4.79 Å². The summed E-state index contributed by atoms with van der Waals surface area (Å²) in [5.74, 6) is 2.07. The van der Waals surface area contributed by atoms with Crippen LogP contribution in [-0.4, -0.2) is 23.9 Å². The van der Waals surface area contributed by atoms with Crippen LogP contribution in [0.5, 0.6) is 0 Å². The largest absolute Gasteiger partial charge is 0.466 e. The summed E-state index contributed by atoms with van der Waals surface area (Å²) in [7, 11) is 0. The first-order valence-corrected chi connectivity index (χ1v) is 8.06. The molecule has 0 radical (unpaired) electrons. The van der Waals surface area contributed by atoms with E-state index in [1.165, 1.54) is 12.0 Å². The molecule has 3 heteroatoms. The molecule has 2 aromatic rings. The number of hydrogen-bond acceptors (Lipinski definition) is 2. The number of hydrogen-bond donors (Lipinski definition) is 0. The molecule has 1 fully saturated rings. The van der Waals surface area contributed by atoms with E-state index in [2.05, 4.69) is 24.3 Å². The Kier molecular flexibility index (Phi) is 4.32. The lowest BCUT2D eigenvalue weighted by molar-refractivity contribution is 0.0752. The van der Waals surface area contributed by atoms with Crippen LogP contribution in [0, 0.1) is 13.8 Å². The van der Waals surface area contributed by atoms with Crippen LogP contribution in [0.1, 0.15) is 52.6 Å². The van der Waals surface area contributed by atoms with Crippen molar-refractivity contribution in [3.8, 4) is 0 Å². The van der Waals surface area contributed by atoms with Crippen LogP contribution in [0.3, 0.4) is 0 Å². The van der Waals surface area contributed by atoms with Gasteiger partial charge < -0.3 is 9.32 Å². The Balaban J connectivity index is 1.81. The van der Waals surface area contributed by atoms with Gasteiger partial charge in [-0.1, -0.05) is 36.8 Å². The summed E-state index contributed by atoms with van der Waals surface area (Å²) in [5.41, 5.74) is 2.05. The fourth-order valence-corrected chi connectivity index (χ4v) is 3.34. The molecule has 1 amide bonds. The van der Waals surface area contributed by atoms with E-state index in [0.717, 1.165) is 37.5 Å². The van der Waals surface area contributed by atoms with Crippen molar-refractivity contribution in [3.05, 3.63) is 59.0 Å². The zero-order valence-corrected chi connectivity index (χ0v) is 13.3. The van der Waals surface area contributed by atoms with Crippen LogP contribution in [0.15, 0.2) is 40.8 Å². The smallest absolute Gasteiger partial charge is 0.257 e. The number of amides is 1. The molecule has 2 heterocycles. The summed E-state index contributed by atoms with van der Waals surface area (Å²) in [6, 6.07) is 12.4. The van der Waals surface area contributed by atoms with Crippen molar-refractivity contribution in [1.29, 1.82) is 0 Å². The van der Waals surface area contributed by atoms with Gasteiger partial charge in [0, 0.05) is 19.0 Å². The summed E-state index contributed by atoms with van der Waals surface area (Å²) >= 11 is 0. The minimum atomic E-state index is 0.109. The van der Waals surface area contributed by atoms with Gasteiger partial charge in [-0.25, -0.2) is 0 Å². The Bertz CT molecular complexity index is 645. The van der Waals surface area contributed by atoms with E-state index in [4.69, 9.17) is 4.42 Å². The molecule has 1 saturated heterocycles. The molecule has 116 valence electrons. The van der Waals surface area contributed by atoms with Gasteiger partial charge in [0.05, 0.1) is 5.56 Å². The highest BCUT2D eigenvalue weighted by atomic mass is 16.3. The van der Waals surface area contributed by atoms with Gasteiger partial charge in [0.15, 0.2) is 0 Å². The minimum Gasteiger partial charge on any atom is -0.466 e. The van der Waals surface area contributed by atoms with Gasteiger partial charge in [0.2, 0.25) is 0 Å². The molecule has 22 heavy (non-hydrogen) atoms. The molecule has 3 nitrogen and oxygen atoms in total. The summed E-state index contributed by atoms with van der Waals surface area (Å²) in [5, 5.41) is 0. The molecule has 1 unspecified atom stereocenters. The topological polar surface area (TPSA) is 33.5 Å². The lowest BCUT2D eigenvalue weighted by atomic mass is 9.94. The molecule has 3 rings (SSSR count). The molecular weight excluding hydrogens is 274 g/mol. The normalized spacial score (nSPS) is 19.0. The highest BCUT2D eigenvalue weighted by Gasteiger charge is 2.26. The molecule has 1 aliphatic heterocycles. The maximum Gasteiger partial charge on any atom is 0.257 e. The Hall–Kier alpha value is -2.03. The summed E-state index contributed by atoms with van der Waals surface area (Å²) < 4.78 is 5.52. The molecule has 0 spiro atoms. The summed E-state index contributed by atoms with van der Waals surface area (Å²) in [4.78, 5) is 14.8. The van der Waals surface area contributed by atoms with Crippen LogP contribution in [-0.2, 0) is 0 Å². The zero-order chi connectivity index (χ0) is 15.5. The number of benzene rings is 1. The number of aryl methyl sites for hydroxylation is 2. The minimum absolute atomic E-state index is 0.109. The maximum atomic E-state index is 12.8. The first kappa shape index (κ1) is 14.9. The highest BCUT2D eigenvalue weighted by Crippen LogP contribution is 2.28. The lowest BCUT2D eigenvalue weighted by Gasteiger charge is -2.24. The van der Waals surface area contributed by atoms with Crippen LogP contribution in [0.2, 0.25) is 0 Å². The first-order chi connectivity index (χ1) is 10.6. The fourth-order valence-electron chi connectivity index (χ4n) is 3.34. The summed E-state index contributed by atoms with van der Waals surface area (Å²) in [6.45, 7) is 5.39. The van der Waals surface area contributed by atoms with Gasteiger partial charge >= 0.3 is 0 Å². The highest BCUT2D eigenvalue weighted by molar-refractivity contribution is 5.95. The van der Waals surface area contributed by atoms with Crippen LogP contribution >= 0.6 is 0 Å². The SMILES string of the molecule is Cc1cc(C(=O)N2CCCCC(c3ccccc3)C2)c(C)o1. The Morgan fingerprint density at radius 1 is 1.18 bits per heavy atom. The number of furan rings is 1. The Morgan fingerprint density at radius 3 is 2.64 bits per heavy atom. The van der Waals surface area contributed by atoms with Gasteiger partial charge in [-0.15, -0.1) is 0 Å². The average molecular weight is 297 g/mol. The van der Waals surface area contributed by atoms with Gasteiger partial charge in [-0.2, -0.15) is 0 Å². The quantitative estimate of drug-likeness (QED) is 0.827. The third-order valence-corrected chi connectivity index (χ3v) is 4.50. The molecular formula is C19H23NO2. The van der Waals surface area contributed by atoms with E-state index in [0.29, 0.717) is 11.5 Å². The van der Waals surface area contributed by atoms with Crippen molar-refractivity contribution in [2.75, 3.05) is 13.1 Å². The third-order valence-electron chi connectivity index (χ3n) is 4.50. The molecule has 1 aromatic heterocycles. The fraction of sp³-hybridized carbons (Fsp3) is 0.421. The van der Waals surface area contributed by atoms with E-state index >= 15 is 0 Å². The van der Waals surface area contributed by atoms with Crippen molar-refractivity contribution < 1.29 is 9.21 Å². The lowest BCUT2D eigenvalue weighted by Crippen LogP contribution is -2.34. The van der Waals surface area contributed by atoms with Crippen molar-refractivity contribution in [1.82, 2.24) is 4.90 Å². The first-order valence-electron chi connectivity index (χ1n) is 8.06. The molecule has 0 aliphatic carbocycles. The number of rotatable bonds is 2. The second-order valence-corrected chi connectivity index (χ2v) is 6.18. The number of nitrogens with zero attached hydrogens (tertiary/aromatic N) is 1. The molecule has 0 N–H and O–H groups in total. The monoisotopic (exact) mass is 297 g/mol. The van der Waals surface area contributed by atoms with Crippen LogP contribution in [0.25, 0.3) is 0 Å². The Labute approximate surface area is 131 Å². The van der Waals surface area contributed by atoms with E-state index in [9.17, 15) is 4.79 Å². The predicted octanol–water partition coefficient (Wildman–Crippen LogP) is 4.31. The summed E-state index contributed by atoms with van der Waals surface area (Å²) in [6.07, 6.45) is 3.40. The number of carbonyl (C=O) groups is 1. The second kappa shape index (κ2) is 6.39. The van der Waals surface area contributed by atoms with E-state index in [-0.39, 0.29) is 5.91 Å². The standard InChI is InChI=1S/C19H23NO2/c1-14-12-18(15(2)22-14)19(21)20-11-7-6-10-17(13-20)16-8-4-3-5-9-16/h3-5,8-9,12,17H,6-7,10-11,13H2,1-2H3. The molecule has 0 saturated carbocycles. The zero-order valence-electron chi connectivity index (χ0n) is 13.3. The van der Waals surface area contributed by atoms with Crippen molar-refractivity contribution in [2.24, 2.45) is 0 Å². The predicted molar refractivity (Wildman–Crippen MR) is 87.1 cm³/mol. The second-order valence-electron chi connectivity index (χ2n) is 6.18. The Morgan fingerprint density at radius 2 is 1.95 bits per heavy atom. The van der Waals surface area contributed by atoms with Gasteiger partial charge in [0.25, 0.3) is 5.91 Å². The van der Waals surface area contributed by atoms with Crippen molar-refractivity contribution >= 4 is 5.91 Å². The molecule has 0 bridgehead atoms. The van der Waals surface area contributed by atoms with Crippen LogP contribution < -0.4 is 0 Å². The van der Waals surface area contributed by atoms with Crippen LogP contribution in [0.4, 0.5) is 0 Å². The number of carbonyl (C=O) groups excluding carboxylic acids is 1. The molecule has 1 atom stereocenters. The average Bonchev–Trinajstić information content (AvgIpc) is 2.75.